The largest absolute Gasteiger partial charge is 0.481 e. The van der Waals surface area contributed by atoms with E-state index < -0.39 is 5.97 Å². The molecule has 100 valence electrons. The minimum Gasteiger partial charge on any atom is -0.481 e. The van der Waals surface area contributed by atoms with Gasteiger partial charge in [0.25, 0.3) is 0 Å². The van der Waals surface area contributed by atoms with Crippen LogP contribution in [0, 0.1) is 11.8 Å². The van der Waals surface area contributed by atoms with E-state index in [0.717, 1.165) is 16.9 Å². The van der Waals surface area contributed by atoms with Gasteiger partial charge in [0.1, 0.15) is 5.52 Å². The van der Waals surface area contributed by atoms with E-state index in [0.29, 0.717) is 13.1 Å². The van der Waals surface area contributed by atoms with Crippen molar-refractivity contribution in [3.8, 4) is 0 Å². The molecule has 0 spiro atoms. The lowest BCUT2D eigenvalue weighted by Crippen LogP contribution is -2.23. The molecule has 1 fully saturated rings. The van der Waals surface area contributed by atoms with Gasteiger partial charge in [-0.05, 0) is 12.0 Å². The van der Waals surface area contributed by atoms with Crippen LogP contribution < -0.4 is 4.90 Å². The monoisotopic (exact) mass is 260 g/mol. The number of aromatic nitrogens is 3. The minimum absolute atomic E-state index is 0.123. The van der Waals surface area contributed by atoms with Crippen molar-refractivity contribution in [2.75, 3.05) is 18.0 Å². The van der Waals surface area contributed by atoms with Crippen molar-refractivity contribution < 1.29 is 9.90 Å². The van der Waals surface area contributed by atoms with Gasteiger partial charge in [-0.1, -0.05) is 6.92 Å². The summed E-state index contributed by atoms with van der Waals surface area (Å²) in [5, 5.41) is 9.20. The molecule has 2 aromatic heterocycles. The number of carbonyl (C=O) groups is 1. The molecule has 0 amide bonds. The Balaban J connectivity index is 2.00. The zero-order chi connectivity index (χ0) is 13.6. The molecule has 1 saturated heterocycles. The van der Waals surface area contributed by atoms with Gasteiger partial charge in [0.05, 0.1) is 17.8 Å². The third-order valence-corrected chi connectivity index (χ3v) is 3.85. The van der Waals surface area contributed by atoms with Crippen molar-refractivity contribution in [2.45, 2.75) is 6.92 Å². The molecule has 1 aliphatic heterocycles. The summed E-state index contributed by atoms with van der Waals surface area (Å²) < 4.78 is 1.94. The summed E-state index contributed by atoms with van der Waals surface area (Å²) in [5.74, 6) is -0.157. The highest BCUT2D eigenvalue weighted by molar-refractivity contribution is 5.87. The van der Waals surface area contributed by atoms with Crippen molar-refractivity contribution in [3.05, 3.63) is 18.6 Å². The first-order valence-corrected chi connectivity index (χ1v) is 6.31. The van der Waals surface area contributed by atoms with E-state index in [2.05, 4.69) is 9.97 Å². The van der Waals surface area contributed by atoms with Crippen LogP contribution >= 0.6 is 0 Å². The van der Waals surface area contributed by atoms with Gasteiger partial charge in [0.15, 0.2) is 5.82 Å². The Morgan fingerprint density at radius 2 is 2.21 bits per heavy atom. The number of fused-ring (bicyclic) bond motifs is 1. The van der Waals surface area contributed by atoms with Gasteiger partial charge in [-0.25, -0.2) is 9.97 Å². The van der Waals surface area contributed by atoms with Crippen molar-refractivity contribution in [1.82, 2.24) is 14.5 Å². The van der Waals surface area contributed by atoms with E-state index in [-0.39, 0.29) is 11.8 Å². The molecular weight excluding hydrogens is 244 g/mol. The summed E-state index contributed by atoms with van der Waals surface area (Å²) >= 11 is 0. The second-order valence-corrected chi connectivity index (χ2v) is 5.18. The lowest BCUT2D eigenvalue weighted by Gasteiger charge is -2.17. The number of carboxylic acid groups (broad SMARTS) is 1. The molecule has 0 aliphatic carbocycles. The number of anilines is 1. The lowest BCUT2D eigenvalue weighted by atomic mass is 9.99. The van der Waals surface area contributed by atoms with E-state index >= 15 is 0 Å². The van der Waals surface area contributed by atoms with E-state index in [1.165, 1.54) is 0 Å². The SMILES string of the molecule is C[C@@H]1CN(c2nccc3c2ncn3C)C[C@H]1C(=O)O. The smallest absolute Gasteiger partial charge is 0.308 e. The van der Waals surface area contributed by atoms with Gasteiger partial charge in [-0.2, -0.15) is 0 Å². The fourth-order valence-electron chi connectivity index (χ4n) is 2.74. The van der Waals surface area contributed by atoms with Gasteiger partial charge in [-0.15, -0.1) is 0 Å². The highest BCUT2D eigenvalue weighted by Crippen LogP contribution is 2.30. The number of nitrogens with zero attached hydrogens (tertiary/aromatic N) is 4. The van der Waals surface area contributed by atoms with Crippen LogP contribution in [0.15, 0.2) is 18.6 Å². The van der Waals surface area contributed by atoms with Crippen LogP contribution in [0.2, 0.25) is 0 Å². The van der Waals surface area contributed by atoms with Gasteiger partial charge < -0.3 is 14.6 Å². The van der Waals surface area contributed by atoms with E-state index in [9.17, 15) is 9.90 Å². The molecule has 0 radical (unpaired) electrons. The second-order valence-electron chi connectivity index (χ2n) is 5.18. The topological polar surface area (TPSA) is 71.2 Å². The number of imidazole rings is 1. The number of aryl methyl sites for hydroxylation is 1. The maximum atomic E-state index is 11.2. The van der Waals surface area contributed by atoms with Gasteiger partial charge in [0.2, 0.25) is 0 Å². The summed E-state index contributed by atoms with van der Waals surface area (Å²) in [7, 11) is 1.94. The predicted octanol–water partition coefficient (Wildman–Crippen LogP) is 1.13. The number of hydrogen-bond donors (Lipinski definition) is 1. The fourth-order valence-corrected chi connectivity index (χ4v) is 2.74. The fraction of sp³-hybridized carbons (Fsp3) is 0.462. The number of rotatable bonds is 2. The van der Waals surface area contributed by atoms with Crippen LogP contribution in [0.25, 0.3) is 11.0 Å². The Hall–Kier alpha value is -2.11. The van der Waals surface area contributed by atoms with Gasteiger partial charge in [-0.3, -0.25) is 4.79 Å². The minimum atomic E-state index is -0.733. The molecule has 6 heteroatoms. The Labute approximate surface area is 110 Å². The standard InChI is InChI=1S/C13H16N4O2/c1-8-5-17(6-9(8)13(18)19)12-11-10(3-4-14-12)16(2)7-15-11/h3-4,7-9H,5-6H2,1-2H3,(H,18,19)/t8-,9-/m1/s1. The third-order valence-electron chi connectivity index (χ3n) is 3.85. The zero-order valence-corrected chi connectivity index (χ0v) is 10.9. The maximum absolute atomic E-state index is 11.2. The molecule has 2 aromatic rings. The summed E-state index contributed by atoms with van der Waals surface area (Å²) in [5.41, 5.74) is 1.85. The molecule has 0 bridgehead atoms. The van der Waals surface area contributed by atoms with Crippen molar-refractivity contribution in [3.63, 3.8) is 0 Å². The normalized spacial score (nSPS) is 23.2. The number of aliphatic carboxylic acids is 1. The third kappa shape index (κ3) is 1.83. The molecule has 0 unspecified atom stereocenters. The molecule has 0 saturated carbocycles. The summed E-state index contributed by atoms with van der Waals surface area (Å²) in [6.07, 6.45) is 3.50. The van der Waals surface area contributed by atoms with E-state index in [1.807, 2.05) is 29.5 Å². The molecule has 1 N–H and O–H groups in total. The van der Waals surface area contributed by atoms with Crippen molar-refractivity contribution in [1.29, 1.82) is 0 Å². The molecule has 3 heterocycles. The predicted molar refractivity (Wildman–Crippen MR) is 71.0 cm³/mol. The number of carboxylic acids is 1. The molecule has 3 rings (SSSR count). The highest BCUT2D eigenvalue weighted by atomic mass is 16.4. The average Bonchev–Trinajstić information content (AvgIpc) is 2.94. The van der Waals surface area contributed by atoms with Crippen LogP contribution in [0.4, 0.5) is 5.82 Å². The first-order valence-electron chi connectivity index (χ1n) is 6.31. The van der Waals surface area contributed by atoms with Crippen LogP contribution in [-0.4, -0.2) is 38.7 Å². The van der Waals surface area contributed by atoms with Crippen molar-refractivity contribution in [2.24, 2.45) is 18.9 Å². The first kappa shape index (κ1) is 12.0. The van der Waals surface area contributed by atoms with Crippen LogP contribution in [0.5, 0.6) is 0 Å². The van der Waals surface area contributed by atoms with E-state index in [1.54, 1.807) is 12.5 Å². The maximum Gasteiger partial charge on any atom is 0.308 e. The summed E-state index contributed by atoms with van der Waals surface area (Å²) in [6.45, 7) is 3.18. The van der Waals surface area contributed by atoms with Crippen molar-refractivity contribution >= 4 is 22.8 Å². The summed E-state index contributed by atoms with van der Waals surface area (Å²) in [4.78, 5) is 22.0. The molecule has 0 aromatic carbocycles. The van der Waals surface area contributed by atoms with Gasteiger partial charge in [0, 0.05) is 26.3 Å². The second kappa shape index (κ2) is 4.22. The Morgan fingerprint density at radius 3 is 2.89 bits per heavy atom. The molecular formula is C13H16N4O2. The average molecular weight is 260 g/mol. The highest BCUT2D eigenvalue weighted by Gasteiger charge is 2.36. The number of hydrogen-bond acceptors (Lipinski definition) is 4. The van der Waals surface area contributed by atoms with Crippen LogP contribution in [-0.2, 0) is 11.8 Å². The van der Waals surface area contributed by atoms with E-state index in [4.69, 9.17) is 0 Å². The van der Waals surface area contributed by atoms with Crippen LogP contribution in [0.1, 0.15) is 6.92 Å². The van der Waals surface area contributed by atoms with Gasteiger partial charge >= 0.3 is 5.97 Å². The molecule has 6 nitrogen and oxygen atoms in total. The Bertz CT molecular complexity index is 637. The first-order chi connectivity index (χ1) is 9.08. The lowest BCUT2D eigenvalue weighted by molar-refractivity contribution is -0.142. The summed E-state index contributed by atoms with van der Waals surface area (Å²) in [6, 6.07) is 1.92. The zero-order valence-electron chi connectivity index (χ0n) is 10.9. The van der Waals surface area contributed by atoms with Crippen LogP contribution in [0.3, 0.4) is 0 Å². The number of pyridine rings is 1. The molecule has 1 aliphatic rings. The molecule has 19 heavy (non-hydrogen) atoms. The Morgan fingerprint density at radius 1 is 1.42 bits per heavy atom. The Kier molecular flexibility index (Phi) is 2.66. The molecule has 2 atom stereocenters. The quantitative estimate of drug-likeness (QED) is 0.876.